The van der Waals surface area contributed by atoms with Gasteiger partial charge in [-0.2, -0.15) is 19.6 Å². The minimum Gasteiger partial charge on any atom is -0.460 e. The molecule has 0 aliphatic carbocycles. The van der Waals surface area contributed by atoms with Gasteiger partial charge in [0.25, 0.3) is 0 Å². The average Bonchev–Trinajstić information content (AvgIpc) is 3.41. The number of carbonyl (C=O) groups excluding carboxylic acids is 2. The van der Waals surface area contributed by atoms with Crippen molar-refractivity contribution < 1.29 is 14.3 Å². The highest BCUT2D eigenvalue weighted by molar-refractivity contribution is 5.88. The zero-order valence-corrected chi connectivity index (χ0v) is 23.4. The lowest BCUT2D eigenvalue weighted by Gasteiger charge is -2.30. The molecule has 212 valence electrons. The number of ether oxygens (including phenoxy) is 1. The van der Waals surface area contributed by atoms with Gasteiger partial charge in [-0.3, -0.25) is 9.59 Å². The lowest BCUT2D eigenvalue weighted by Crippen LogP contribution is -2.39. The van der Waals surface area contributed by atoms with Crippen molar-refractivity contribution in [2.75, 3.05) is 31.5 Å². The molecular formula is C30H39N7O3. The maximum absolute atomic E-state index is 13.0. The normalized spacial score (nSPS) is 16.8. The Kier molecular flexibility index (Phi) is 8.74. The number of piperidine rings is 2. The van der Waals surface area contributed by atoms with Crippen LogP contribution in [0.25, 0.3) is 5.65 Å². The first-order chi connectivity index (χ1) is 19.4. The molecule has 5 rings (SSSR count). The highest BCUT2D eigenvalue weighted by Gasteiger charge is 2.26. The Morgan fingerprint density at radius 1 is 1.15 bits per heavy atom. The van der Waals surface area contributed by atoms with Crippen molar-refractivity contribution in [1.82, 2.24) is 29.8 Å². The molecule has 2 saturated heterocycles. The molecule has 0 spiro atoms. The number of nitrogens with zero attached hydrogens (tertiary/aromatic N) is 5. The van der Waals surface area contributed by atoms with Crippen LogP contribution in [0.3, 0.4) is 0 Å². The number of hydrogen-bond acceptors (Lipinski definition) is 8. The molecular weight excluding hydrogens is 506 g/mol. The molecule has 0 atom stereocenters. The smallest absolute Gasteiger partial charge is 0.322 e. The van der Waals surface area contributed by atoms with Crippen molar-refractivity contribution in [2.45, 2.75) is 64.5 Å². The van der Waals surface area contributed by atoms with E-state index in [9.17, 15) is 9.59 Å². The van der Waals surface area contributed by atoms with E-state index in [4.69, 9.17) is 9.72 Å². The summed E-state index contributed by atoms with van der Waals surface area (Å²) < 4.78 is 7.94. The standard InChI is InChI=1S/C30H39N7O3/c1-4-27(39)36-14-10-23(11-15-36)26(38)17-21-6-5-7-22(16-21)18-32-29-35-30(40-24-8-12-31-13-9-24)34-28-25(20(2)3)19-33-37(28)29/h4-7,16,19-20,23-24,31H,1,8-15,17-18H2,2-3H3,(H,32,34,35). The van der Waals surface area contributed by atoms with Crippen molar-refractivity contribution in [2.24, 2.45) is 5.92 Å². The SMILES string of the molecule is C=CC(=O)N1CCC(C(=O)Cc2cccc(CNc3nc(OC4CCNCC4)nc4c(C(C)C)cnn34)c2)CC1. The van der Waals surface area contributed by atoms with Gasteiger partial charge in [0, 0.05) is 37.5 Å². The number of rotatable bonds is 10. The van der Waals surface area contributed by atoms with Gasteiger partial charge >= 0.3 is 6.01 Å². The highest BCUT2D eigenvalue weighted by Crippen LogP contribution is 2.25. The first-order valence-corrected chi connectivity index (χ1v) is 14.3. The lowest BCUT2D eigenvalue weighted by molar-refractivity contribution is -0.130. The van der Waals surface area contributed by atoms with E-state index in [1.807, 2.05) is 24.4 Å². The molecule has 1 aromatic carbocycles. The van der Waals surface area contributed by atoms with Gasteiger partial charge in [0.2, 0.25) is 11.9 Å². The second-order valence-electron chi connectivity index (χ2n) is 11.0. The molecule has 2 N–H and O–H groups in total. The third-order valence-corrected chi connectivity index (χ3v) is 7.81. The van der Waals surface area contributed by atoms with E-state index in [-0.39, 0.29) is 29.6 Å². The second kappa shape index (κ2) is 12.6. The molecule has 0 radical (unpaired) electrons. The van der Waals surface area contributed by atoms with E-state index in [1.54, 1.807) is 9.42 Å². The van der Waals surface area contributed by atoms with Crippen molar-refractivity contribution in [3.63, 3.8) is 0 Å². The van der Waals surface area contributed by atoms with Crippen LogP contribution in [0.2, 0.25) is 0 Å². The summed E-state index contributed by atoms with van der Waals surface area (Å²) in [5.74, 6) is 0.982. The number of aromatic nitrogens is 4. The van der Waals surface area contributed by atoms with Gasteiger partial charge in [-0.05, 0) is 61.9 Å². The number of fused-ring (bicyclic) bond motifs is 1. The fourth-order valence-corrected chi connectivity index (χ4v) is 5.44. The van der Waals surface area contributed by atoms with E-state index in [0.29, 0.717) is 50.9 Å². The first-order valence-electron chi connectivity index (χ1n) is 14.3. The van der Waals surface area contributed by atoms with Gasteiger partial charge in [0.15, 0.2) is 5.65 Å². The Morgan fingerprint density at radius 3 is 2.62 bits per heavy atom. The van der Waals surface area contributed by atoms with Crippen LogP contribution in [0.1, 0.15) is 62.1 Å². The molecule has 0 unspecified atom stereocenters. The van der Waals surface area contributed by atoms with Gasteiger partial charge in [-0.1, -0.05) is 44.7 Å². The van der Waals surface area contributed by atoms with Gasteiger partial charge in [0.1, 0.15) is 11.9 Å². The lowest BCUT2D eigenvalue weighted by atomic mass is 9.89. The Labute approximate surface area is 235 Å². The zero-order valence-electron chi connectivity index (χ0n) is 23.4. The first kappa shape index (κ1) is 27.8. The van der Waals surface area contributed by atoms with Crippen LogP contribution in [0.4, 0.5) is 5.95 Å². The van der Waals surface area contributed by atoms with Gasteiger partial charge in [-0.15, -0.1) is 0 Å². The molecule has 3 aromatic rings. The summed E-state index contributed by atoms with van der Waals surface area (Å²) in [5, 5.41) is 11.3. The topological polar surface area (TPSA) is 114 Å². The summed E-state index contributed by atoms with van der Waals surface area (Å²) in [6.07, 6.45) is 6.91. The van der Waals surface area contributed by atoms with Crippen LogP contribution in [-0.4, -0.2) is 68.5 Å². The average molecular weight is 546 g/mol. The molecule has 4 heterocycles. The Bertz CT molecular complexity index is 1350. The van der Waals surface area contributed by atoms with Crippen LogP contribution in [0.15, 0.2) is 43.1 Å². The molecule has 0 bridgehead atoms. The summed E-state index contributed by atoms with van der Waals surface area (Å²) in [5.41, 5.74) is 3.82. The highest BCUT2D eigenvalue weighted by atomic mass is 16.5. The molecule has 2 aliphatic rings. The minimum atomic E-state index is -0.0624. The van der Waals surface area contributed by atoms with Crippen LogP contribution in [-0.2, 0) is 22.6 Å². The van der Waals surface area contributed by atoms with Crippen LogP contribution in [0, 0.1) is 5.92 Å². The molecule has 40 heavy (non-hydrogen) atoms. The number of anilines is 1. The summed E-state index contributed by atoms with van der Waals surface area (Å²) in [7, 11) is 0. The van der Waals surface area contributed by atoms with E-state index < -0.39 is 0 Å². The predicted octanol–water partition coefficient (Wildman–Crippen LogP) is 3.53. The molecule has 2 aliphatic heterocycles. The number of nitrogens with one attached hydrogen (secondary N) is 2. The summed E-state index contributed by atoms with van der Waals surface area (Å²) >= 11 is 0. The van der Waals surface area contributed by atoms with Gasteiger partial charge in [0.05, 0.1) is 6.20 Å². The number of hydrogen-bond donors (Lipinski definition) is 2. The maximum atomic E-state index is 13.0. The number of likely N-dealkylation sites (tertiary alicyclic amines) is 1. The molecule has 0 saturated carbocycles. The monoisotopic (exact) mass is 545 g/mol. The molecule has 10 nitrogen and oxygen atoms in total. The number of amides is 1. The molecule has 10 heteroatoms. The van der Waals surface area contributed by atoms with Crippen molar-refractivity contribution in [3.05, 3.63) is 59.8 Å². The minimum absolute atomic E-state index is 0.0155. The third kappa shape index (κ3) is 6.50. The van der Waals surface area contributed by atoms with E-state index in [1.165, 1.54) is 6.08 Å². The fourth-order valence-electron chi connectivity index (χ4n) is 5.44. The van der Waals surface area contributed by atoms with E-state index >= 15 is 0 Å². The molecule has 2 fully saturated rings. The van der Waals surface area contributed by atoms with Crippen LogP contribution in [0.5, 0.6) is 6.01 Å². The Hall–Kier alpha value is -3.79. The Balaban J connectivity index is 1.26. The van der Waals surface area contributed by atoms with Crippen LogP contribution < -0.4 is 15.4 Å². The van der Waals surface area contributed by atoms with Crippen molar-refractivity contribution in [1.29, 1.82) is 0 Å². The summed E-state index contributed by atoms with van der Waals surface area (Å²) in [6.45, 7) is 11.4. The number of ketones is 1. The summed E-state index contributed by atoms with van der Waals surface area (Å²) in [4.78, 5) is 36.0. The largest absolute Gasteiger partial charge is 0.460 e. The van der Waals surface area contributed by atoms with Crippen molar-refractivity contribution >= 4 is 23.3 Å². The number of Topliss-reactive ketones (excluding diaryl/α,β-unsaturated/α-hetero) is 1. The Morgan fingerprint density at radius 2 is 1.90 bits per heavy atom. The number of benzene rings is 1. The molecule has 2 aromatic heterocycles. The predicted molar refractivity (Wildman–Crippen MR) is 153 cm³/mol. The third-order valence-electron chi connectivity index (χ3n) is 7.81. The maximum Gasteiger partial charge on any atom is 0.322 e. The van der Waals surface area contributed by atoms with E-state index in [2.05, 4.69) is 47.2 Å². The number of carbonyl (C=O) groups is 2. The van der Waals surface area contributed by atoms with Crippen molar-refractivity contribution in [3.8, 4) is 6.01 Å². The van der Waals surface area contributed by atoms with Crippen LogP contribution >= 0.6 is 0 Å². The van der Waals surface area contributed by atoms with E-state index in [0.717, 1.165) is 48.3 Å². The fraction of sp³-hybridized carbons (Fsp3) is 0.500. The zero-order chi connectivity index (χ0) is 28.1. The summed E-state index contributed by atoms with van der Waals surface area (Å²) in [6, 6.07) is 8.44. The van der Waals surface area contributed by atoms with Gasteiger partial charge < -0.3 is 20.3 Å². The second-order valence-corrected chi connectivity index (χ2v) is 11.0. The molecule has 1 amide bonds. The quantitative estimate of drug-likeness (QED) is 0.372. The van der Waals surface area contributed by atoms with Gasteiger partial charge in [-0.25, -0.2) is 0 Å².